The zero-order valence-corrected chi connectivity index (χ0v) is 10.5. The Labute approximate surface area is 103 Å². The van der Waals surface area contributed by atoms with Crippen LogP contribution < -0.4 is 4.90 Å². The first-order valence-corrected chi connectivity index (χ1v) is 6.55. The van der Waals surface area contributed by atoms with E-state index in [1.165, 1.54) is 17.7 Å². The molecule has 17 heavy (non-hydrogen) atoms. The summed E-state index contributed by atoms with van der Waals surface area (Å²) < 4.78 is 6.06. The van der Waals surface area contributed by atoms with Gasteiger partial charge in [0.15, 0.2) is 5.88 Å². The van der Waals surface area contributed by atoms with Crippen molar-refractivity contribution in [1.82, 2.24) is 0 Å². The molecule has 2 unspecified atom stereocenters. The molecule has 2 atom stereocenters. The molecule has 3 rings (SSSR count). The molecule has 90 valence electrons. The predicted octanol–water partition coefficient (Wildman–Crippen LogP) is 3.48. The third-order valence-corrected chi connectivity index (χ3v) is 3.77. The highest BCUT2D eigenvalue weighted by molar-refractivity contribution is 5.64. The average molecular weight is 229 g/mol. The van der Waals surface area contributed by atoms with E-state index in [1.54, 1.807) is 0 Å². The van der Waals surface area contributed by atoms with Crippen molar-refractivity contribution in [1.29, 1.82) is 0 Å². The minimum absolute atomic E-state index is 0.360. The molecule has 1 aromatic carbocycles. The number of hydrogen-bond acceptors (Lipinski definition) is 2. The molecule has 2 aliphatic rings. The Morgan fingerprint density at radius 1 is 1.41 bits per heavy atom. The normalized spacial score (nSPS) is 28.1. The lowest BCUT2D eigenvalue weighted by Crippen LogP contribution is -2.31. The van der Waals surface area contributed by atoms with Crippen LogP contribution in [0.3, 0.4) is 0 Å². The summed E-state index contributed by atoms with van der Waals surface area (Å²) in [4.78, 5) is 2.38. The average Bonchev–Trinajstić information content (AvgIpc) is 2.88. The van der Waals surface area contributed by atoms with Gasteiger partial charge in [-0.25, -0.2) is 0 Å². The summed E-state index contributed by atoms with van der Waals surface area (Å²) in [6, 6.07) is 9.20. The smallest absolute Gasteiger partial charge is 0.190 e. The van der Waals surface area contributed by atoms with Crippen LogP contribution >= 0.6 is 0 Å². The highest BCUT2D eigenvalue weighted by Gasteiger charge is 2.43. The summed E-state index contributed by atoms with van der Waals surface area (Å²) in [7, 11) is 0. The van der Waals surface area contributed by atoms with Gasteiger partial charge >= 0.3 is 0 Å². The molecule has 0 amide bonds. The molecule has 0 aliphatic carbocycles. The quantitative estimate of drug-likeness (QED) is 0.770. The highest BCUT2D eigenvalue weighted by Crippen LogP contribution is 2.42. The molecule has 1 saturated heterocycles. The number of nitrogens with zero attached hydrogens (tertiary/aromatic N) is 1. The van der Waals surface area contributed by atoms with E-state index in [-0.39, 0.29) is 0 Å². The highest BCUT2D eigenvalue weighted by atomic mass is 16.5. The van der Waals surface area contributed by atoms with Gasteiger partial charge in [0.1, 0.15) is 6.10 Å². The van der Waals surface area contributed by atoms with Crippen molar-refractivity contribution in [2.45, 2.75) is 45.3 Å². The van der Waals surface area contributed by atoms with Crippen molar-refractivity contribution in [3.63, 3.8) is 0 Å². The van der Waals surface area contributed by atoms with Crippen molar-refractivity contribution < 1.29 is 4.74 Å². The van der Waals surface area contributed by atoms with Crippen molar-refractivity contribution in [2.75, 3.05) is 4.90 Å². The fourth-order valence-corrected chi connectivity index (χ4v) is 3.03. The van der Waals surface area contributed by atoms with Gasteiger partial charge in [-0.3, -0.25) is 0 Å². The van der Waals surface area contributed by atoms with Gasteiger partial charge in [0.05, 0.1) is 6.04 Å². The predicted molar refractivity (Wildman–Crippen MR) is 70.0 cm³/mol. The van der Waals surface area contributed by atoms with Crippen LogP contribution in [-0.2, 0) is 11.2 Å². The van der Waals surface area contributed by atoms with E-state index in [1.807, 2.05) is 0 Å². The Balaban J connectivity index is 1.98. The number of ether oxygens (including phenoxy) is 1. The van der Waals surface area contributed by atoms with E-state index in [4.69, 9.17) is 4.74 Å². The van der Waals surface area contributed by atoms with Crippen LogP contribution in [0, 0.1) is 0 Å². The molecule has 0 bridgehead atoms. The standard InChI is InChI=1S/C15H19NO/c1-3-7-14-13-10-11-8-5-6-9-12(11)16(13)15(4-2)17-14/h4-6,8-9,13-14H,3,7,10H2,1-2H3. The number of benzene rings is 1. The molecule has 2 heteroatoms. The molecule has 0 spiro atoms. The van der Waals surface area contributed by atoms with E-state index < -0.39 is 0 Å². The van der Waals surface area contributed by atoms with Crippen LogP contribution in [0.25, 0.3) is 0 Å². The molecular formula is C15H19NO. The first-order chi connectivity index (χ1) is 8.35. The van der Waals surface area contributed by atoms with E-state index in [9.17, 15) is 0 Å². The van der Waals surface area contributed by atoms with Crippen molar-refractivity contribution >= 4 is 5.69 Å². The van der Waals surface area contributed by atoms with Gasteiger partial charge in [-0.15, -0.1) is 0 Å². The topological polar surface area (TPSA) is 12.5 Å². The summed E-state index contributed by atoms with van der Waals surface area (Å²) in [5.41, 5.74) is 2.80. The van der Waals surface area contributed by atoms with Crippen LogP contribution in [-0.4, -0.2) is 12.1 Å². The Hall–Kier alpha value is -1.44. The lowest BCUT2D eigenvalue weighted by molar-refractivity contribution is 0.139. The first-order valence-electron chi connectivity index (χ1n) is 6.55. The fraction of sp³-hybridized carbons (Fsp3) is 0.467. The molecule has 2 aliphatic heterocycles. The SMILES string of the molecule is CC=C1OC(CCC)C2Cc3ccccc3N12. The Kier molecular flexibility index (Phi) is 2.58. The lowest BCUT2D eigenvalue weighted by Gasteiger charge is -2.18. The Morgan fingerprint density at radius 3 is 3.00 bits per heavy atom. The molecule has 0 radical (unpaired) electrons. The molecule has 0 N–H and O–H groups in total. The number of hydrogen-bond donors (Lipinski definition) is 0. The van der Waals surface area contributed by atoms with Gasteiger partial charge in [0.25, 0.3) is 0 Å². The number of rotatable bonds is 2. The Bertz CT molecular complexity index is 452. The van der Waals surface area contributed by atoms with E-state index in [2.05, 4.69) is 49.1 Å². The second-order valence-electron chi connectivity index (χ2n) is 4.84. The minimum atomic E-state index is 0.360. The minimum Gasteiger partial charge on any atom is -0.474 e. The second kappa shape index (κ2) is 4.10. The van der Waals surface area contributed by atoms with Gasteiger partial charge in [-0.2, -0.15) is 0 Å². The molecule has 2 nitrogen and oxygen atoms in total. The van der Waals surface area contributed by atoms with E-state index in [0.29, 0.717) is 12.1 Å². The zero-order chi connectivity index (χ0) is 11.8. The molecule has 2 heterocycles. The first kappa shape index (κ1) is 10.7. The zero-order valence-electron chi connectivity index (χ0n) is 10.5. The molecule has 1 fully saturated rings. The van der Waals surface area contributed by atoms with Crippen molar-refractivity contribution in [2.24, 2.45) is 0 Å². The van der Waals surface area contributed by atoms with Gasteiger partial charge in [0.2, 0.25) is 0 Å². The maximum atomic E-state index is 6.06. The van der Waals surface area contributed by atoms with Crippen LogP contribution in [0.5, 0.6) is 0 Å². The summed E-state index contributed by atoms with van der Waals surface area (Å²) in [5, 5.41) is 0. The summed E-state index contributed by atoms with van der Waals surface area (Å²) in [6.07, 6.45) is 5.90. The van der Waals surface area contributed by atoms with E-state index >= 15 is 0 Å². The van der Waals surface area contributed by atoms with Crippen molar-refractivity contribution in [3.8, 4) is 0 Å². The molecular weight excluding hydrogens is 210 g/mol. The summed E-state index contributed by atoms with van der Waals surface area (Å²) >= 11 is 0. The van der Waals surface area contributed by atoms with Crippen LogP contribution in [0.15, 0.2) is 36.2 Å². The molecule has 0 aromatic heterocycles. The molecule has 1 aromatic rings. The van der Waals surface area contributed by atoms with E-state index in [0.717, 1.165) is 18.7 Å². The largest absolute Gasteiger partial charge is 0.474 e. The number of allylic oxidation sites excluding steroid dienone is 1. The maximum absolute atomic E-state index is 6.06. The summed E-state index contributed by atoms with van der Waals surface area (Å²) in [6.45, 7) is 4.28. The van der Waals surface area contributed by atoms with Gasteiger partial charge in [-0.05, 0) is 37.5 Å². The van der Waals surface area contributed by atoms with Crippen LogP contribution in [0.2, 0.25) is 0 Å². The lowest BCUT2D eigenvalue weighted by atomic mass is 10.0. The monoisotopic (exact) mass is 229 g/mol. The summed E-state index contributed by atoms with van der Waals surface area (Å²) in [5.74, 6) is 1.04. The van der Waals surface area contributed by atoms with Gasteiger partial charge in [-0.1, -0.05) is 31.5 Å². The fourth-order valence-electron chi connectivity index (χ4n) is 3.03. The van der Waals surface area contributed by atoms with Gasteiger partial charge < -0.3 is 9.64 Å². The van der Waals surface area contributed by atoms with Gasteiger partial charge in [0, 0.05) is 5.69 Å². The second-order valence-corrected chi connectivity index (χ2v) is 4.84. The number of fused-ring (bicyclic) bond motifs is 3. The maximum Gasteiger partial charge on any atom is 0.190 e. The van der Waals surface area contributed by atoms with Crippen molar-refractivity contribution in [3.05, 3.63) is 41.8 Å². The number of para-hydroxylation sites is 1. The Morgan fingerprint density at radius 2 is 2.24 bits per heavy atom. The number of anilines is 1. The van der Waals surface area contributed by atoms with Crippen LogP contribution in [0.1, 0.15) is 32.3 Å². The van der Waals surface area contributed by atoms with Crippen LogP contribution in [0.4, 0.5) is 5.69 Å². The molecule has 0 saturated carbocycles. The third-order valence-electron chi connectivity index (χ3n) is 3.77. The third kappa shape index (κ3) is 1.54.